The smallest absolute Gasteiger partial charge is 0.240 e. The molecule has 3 aromatic heterocycles. The van der Waals surface area contributed by atoms with Gasteiger partial charge in [0, 0.05) is 49.9 Å². The van der Waals surface area contributed by atoms with Crippen molar-refractivity contribution in [2.75, 3.05) is 30.9 Å². The van der Waals surface area contributed by atoms with Crippen LogP contribution in [0.5, 0.6) is 11.5 Å². The van der Waals surface area contributed by atoms with Gasteiger partial charge in [0.05, 0.1) is 33.1 Å². The van der Waals surface area contributed by atoms with Crippen LogP contribution in [-0.4, -0.2) is 54.8 Å². The van der Waals surface area contributed by atoms with Crippen molar-refractivity contribution in [2.45, 2.75) is 19.4 Å². The van der Waals surface area contributed by atoms with E-state index in [-0.39, 0.29) is 11.4 Å². The molecule has 0 unspecified atom stereocenters. The fourth-order valence-electron chi connectivity index (χ4n) is 4.82. The normalized spacial score (nSPS) is 13.5. The predicted molar refractivity (Wildman–Crippen MR) is 173 cm³/mol. The maximum atomic E-state index is 15.2. The number of aromatic nitrogens is 2. The maximum absolute atomic E-state index is 15.2. The number of carbonyl (C=O) groups is 2. The van der Waals surface area contributed by atoms with E-state index in [4.69, 9.17) is 22.4 Å². The van der Waals surface area contributed by atoms with E-state index in [0.717, 1.165) is 22.3 Å². The first kappa shape index (κ1) is 31.3. The van der Waals surface area contributed by atoms with Gasteiger partial charge in [-0.05, 0) is 67.4 Å². The monoisotopic (exact) mass is 639 g/mol. The summed E-state index contributed by atoms with van der Waals surface area (Å²) in [6.45, 7) is 1.53. The lowest BCUT2D eigenvalue weighted by molar-refractivity contribution is -0.131. The molecule has 2 N–H and O–H groups in total. The number of anilines is 2. The molecular weight excluding hydrogens is 611 g/mol. The van der Waals surface area contributed by atoms with Crippen LogP contribution in [0.1, 0.15) is 18.5 Å². The van der Waals surface area contributed by atoms with E-state index in [2.05, 4.69) is 15.6 Å². The van der Waals surface area contributed by atoms with Crippen molar-refractivity contribution in [1.29, 1.82) is 0 Å². The molecule has 1 aliphatic carbocycles. The lowest BCUT2D eigenvalue weighted by atomic mass is 10.0. The molecule has 232 valence electrons. The number of carbonyl (C=O) groups excluding carboxylic acids is 2. The van der Waals surface area contributed by atoms with E-state index in [1.165, 1.54) is 47.7 Å². The van der Waals surface area contributed by atoms with Gasteiger partial charge in [-0.2, -0.15) is 0 Å². The number of hydrogen-bond donors (Lipinski definition) is 2. The van der Waals surface area contributed by atoms with Gasteiger partial charge in [0.25, 0.3) is 0 Å². The zero-order valence-corrected chi connectivity index (χ0v) is 25.6. The molecule has 6 rings (SSSR count). The highest BCUT2D eigenvalue weighted by Crippen LogP contribution is 2.48. The molecule has 2 radical (unpaired) electrons. The number of hydrogen-bond acceptors (Lipinski definition) is 8. The zero-order chi connectivity index (χ0) is 32.3. The first-order valence-corrected chi connectivity index (χ1v) is 15.2. The molecule has 0 spiro atoms. The van der Waals surface area contributed by atoms with Gasteiger partial charge < -0.3 is 24.9 Å². The van der Waals surface area contributed by atoms with Crippen LogP contribution in [0.25, 0.3) is 20.8 Å². The van der Waals surface area contributed by atoms with Crippen molar-refractivity contribution in [3.63, 3.8) is 0 Å². The summed E-state index contributed by atoms with van der Waals surface area (Å²) in [6.07, 6.45) is 2.27. The van der Waals surface area contributed by atoms with Crippen LogP contribution in [0.3, 0.4) is 0 Å². The van der Waals surface area contributed by atoms with Crippen LogP contribution >= 0.6 is 11.3 Å². The summed E-state index contributed by atoms with van der Waals surface area (Å²) < 4.78 is 40.2. The van der Waals surface area contributed by atoms with Crippen LogP contribution in [0.4, 0.5) is 20.2 Å². The van der Waals surface area contributed by atoms with Crippen molar-refractivity contribution in [1.82, 2.24) is 14.8 Å². The third-order valence-electron chi connectivity index (χ3n) is 7.51. The second-order valence-electron chi connectivity index (χ2n) is 10.9. The molecule has 2 aromatic carbocycles. The second kappa shape index (κ2) is 13.3. The van der Waals surface area contributed by atoms with Gasteiger partial charge in [0.1, 0.15) is 17.0 Å². The lowest BCUT2D eigenvalue weighted by Crippen LogP contribution is -2.35. The number of methoxy groups -OCH3 is 1. The van der Waals surface area contributed by atoms with Crippen molar-refractivity contribution in [3.8, 4) is 22.1 Å². The number of benzene rings is 2. The lowest BCUT2D eigenvalue weighted by Gasteiger charge is -2.16. The molecule has 1 saturated carbocycles. The van der Waals surface area contributed by atoms with E-state index in [1.807, 2.05) is 24.3 Å². The first-order valence-electron chi connectivity index (χ1n) is 14.4. The number of fused-ring (bicyclic) bond motifs is 1. The van der Waals surface area contributed by atoms with E-state index in [9.17, 15) is 14.0 Å². The third kappa shape index (κ3) is 6.91. The Labute approximate surface area is 269 Å². The molecule has 0 bridgehead atoms. The number of rotatable bonds is 12. The van der Waals surface area contributed by atoms with Gasteiger partial charge in [0.15, 0.2) is 19.5 Å². The van der Waals surface area contributed by atoms with Gasteiger partial charge in [-0.15, -0.1) is 11.3 Å². The van der Waals surface area contributed by atoms with Gasteiger partial charge >= 0.3 is 0 Å². The minimum atomic E-state index is -1.28. The molecule has 0 aliphatic heterocycles. The van der Waals surface area contributed by atoms with E-state index >= 15 is 4.39 Å². The molecule has 0 saturated heterocycles. The zero-order valence-electron chi connectivity index (χ0n) is 24.8. The number of halogens is 2. The maximum Gasteiger partial charge on any atom is 0.240 e. The summed E-state index contributed by atoms with van der Waals surface area (Å²) in [5.41, 5.74) is 1.50. The minimum Gasteiger partial charge on any atom is -0.453 e. The number of thiophene rings is 1. The van der Waals surface area contributed by atoms with E-state index < -0.39 is 28.9 Å². The Bertz CT molecular complexity index is 1900. The van der Waals surface area contributed by atoms with Crippen molar-refractivity contribution < 1.29 is 27.8 Å². The largest absolute Gasteiger partial charge is 0.453 e. The van der Waals surface area contributed by atoms with Gasteiger partial charge in [0.2, 0.25) is 11.8 Å². The molecule has 46 heavy (non-hydrogen) atoms. The Morgan fingerprint density at radius 1 is 0.978 bits per heavy atom. The third-order valence-corrected chi connectivity index (χ3v) is 8.68. The van der Waals surface area contributed by atoms with Crippen molar-refractivity contribution in [3.05, 3.63) is 96.3 Å². The highest BCUT2D eigenvalue weighted by atomic mass is 32.1. The standard InChI is InChI=1S/C33H28BF2N5O4S/c1-44-16-15-41(34)19-23-3-2-4-25(38-23)29-18-26-30(46-29)28(11-14-37-26)45-27-10-9-22(17-24(27)36)40-32(43)33(12-13-33)31(42)39-21-7-5-20(35)6-8-21/h2-11,14,17-18H,12-13,15-16,19H2,1H3,(H,39,42)(H,40,43). The topological polar surface area (TPSA) is 106 Å². The fourth-order valence-corrected chi connectivity index (χ4v) is 5.85. The molecule has 5 aromatic rings. The molecule has 3 heterocycles. The Kier molecular flexibility index (Phi) is 9.07. The van der Waals surface area contributed by atoms with Crippen LogP contribution in [0.2, 0.25) is 0 Å². The first-order chi connectivity index (χ1) is 22.2. The highest BCUT2D eigenvalue weighted by Gasteiger charge is 2.56. The van der Waals surface area contributed by atoms with E-state index in [0.29, 0.717) is 54.2 Å². The molecule has 1 aliphatic rings. The van der Waals surface area contributed by atoms with Crippen LogP contribution in [0, 0.1) is 17.0 Å². The van der Waals surface area contributed by atoms with Crippen molar-refractivity contribution in [2.24, 2.45) is 5.41 Å². The number of amides is 2. The Morgan fingerprint density at radius 2 is 1.72 bits per heavy atom. The molecular formula is C33H28BF2N5O4S. The van der Waals surface area contributed by atoms with Crippen LogP contribution < -0.4 is 15.4 Å². The Morgan fingerprint density at radius 3 is 2.43 bits per heavy atom. The molecule has 13 heteroatoms. The highest BCUT2D eigenvalue weighted by molar-refractivity contribution is 7.22. The quantitative estimate of drug-likeness (QED) is 0.122. The summed E-state index contributed by atoms with van der Waals surface area (Å²) in [7, 11) is 7.68. The minimum absolute atomic E-state index is 0.0464. The predicted octanol–water partition coefficient (Wildman–Crippen LogP) is 6.32. The van der Waals surface area contributed by atoms with Gasteiger partial charge in [-0.1, -0.05) is 6.07 Å². The summed E-state index contributed by atoms with van der Waals surface area (Å²) in [5, 5.41) is 5.29. The Balaban J connectivity index is 1.14. The van der Waals surface area contributed by atoms with Crippen LogP contribution in [0.15, 0.2) is 79.0 Å². The number of ether oxygens (including phenoxy) is 2. The summed E-state index contributed by atoms with van der Waals surface area (Å²) in [4.78, 5) is 37.6. The van der Waals surface area contributed by atoms with E-state index in [1.54, 1.807) is 24.2 Å². The van der Waals surface area contributed by atoms with Gasteiger partial charge in [-0.25, -0.2) is 8.78 Å². The number of pyridine rings is 2. The number of nitrogens with one attached hydrogen (secondary N) is 2. The average molecular weight is 639 g/mol. The summed E-state index contributed by atoms with van der Waals surface area (Å²) in [6, 6.07) is 18.6. The SMILES string of the molecule is [B]N(CCOC)Cc1cccc(-c2cc3nccc(Oc4ccc(NC(=O)C5(C(=O)Nc6ccc(F)cc6)CC5)cc4F)c3s2)n1. The molecule has 1 fully saturated rings. The molecule has 9 nitrogen and oxygen atoms in total. The van der Waals surface area contributed by atoms with Crippen molar-refractivity contribution >= 4 is 52.7 Å². The van der Waals surface area contributed by atoms with Gasteiger partial charge in [-0.3, -0.25) is 19.6 Å². The summed E-state index contributed by atoms with van der Waals surface area (Å²) in [5.74, 6) is -1.82. The second-order valence-corrected chi connectivity index (χ2v) is 11.9. The number of nitrogens with zero attached hydrogens (tertiary/aromatic N) is 3. The molecule has 2 amide bonds. The average Bonchev–Trinajstić information content (AvgIpc) is 3.75. The molecule has 0 atom stereocenters. The Hall–Kier alpha value is -4.72. The van der Waals surface area contributed by atoms with Crippen LogP contribution in [-0.2, 0) is 20.9 Å². The fraction of sp³-hybridized carbons (Fsp3) is 0.212. The summed E-state index contributed by atoms with van der Waals surface area (Å²) >= 11 is 1.42.